The van der Waals surface area contributed by atoms with E-state index >= 15 is 0 Å². The Kier molecular flexibility index (Phi) is 9.09. The molecule has 0 aliphatic rings. The van der Waals surface area contributed by atoms with Crippen LogP contribution in [0.2, 0.25) is 0 Å². The van der Waals surface area contributed by atoms with Crippen LogP contribution in [0.3, 0.4) is 0 Å². The van der Waals surface area contributed by atoms with E-state index in [-0.39, 0.29) is 0 Å². The highest BCUT2D eigenvalue weighted by atomic mass is 15.2. The van der Waals surface area contributed by atoms with Crippen molar-refractivity contribution in [2.24, 2.45) is 0 Å². The van der Waals surface area contributed by atoms with Gasteiger partial charge in [0.2, 0.25) is 0 Å². The number of anilines is 6. The van der Waals surface area contributed by atoms with Crippen molar-refractivity contribution in [1.29, 1.82) is 0 Å². The van der Waals surface area contributed by atoms with Crippen LogP contribution >= 0.6 is 0 Å². The van der Waals surface area contributed by atoms with Crippen molar-refractivity contribution < 1.29 is 0 Å². The minimum atomic E-state index is 1.11. The van der Waals surface area contributed by atoms with Crippen LogP contribution in [0.4, 0.5) is 34.1 Å². The van der Waals surface area contributed by atoms with Crippen LogP contribution < -0.4 is 9.80 Å². The standard InChI is InChI=1S/C74H46N4/c1-5-23-51(24-6-1)75(52-25-7-2-8-26-52)65-41-39-59-63-45-70-64(46-69(63)77-67-43-49(35-37-61(67)71(65)73(59)77)57-33-17-21-47-19-13-15-31-55(47)57)60-40-42-66(76(53-27-9-3-10-28-53)54-29-11-4-12-30-54)72-62-38-36-50(44-68(62)78(70)74(60)72)58-34-18-22-48-20-14-16-32-56(48)58/h1-46H. The van der Waals surface area contributed by atoms with E-state index < -0.39 is 0 Å². The summed E-state index contributed by atoms with van der Waals surface area (Å²) in [7, 11) is 0. The molecule has 78 heavy (non-hydrogen) atoms. The molecule has 17 rings (SSSR count). The molecule has 0 spiro atoms. The van der Waals surface area contributed by atoms with Gasteiger partial charge in [-0.1, -0.05) is 194 Å². The molecule has 4 heterocycles. The first kappa shape index (κ1) is 42.9. The monoisotopic (exact) mass is 990 g/mol. The number of para-hydroxylation sites is 4. The summed E-state index contributed by atoms with van der Waals surface area (Å²) in [5, 5.41) is 14.8. The summed E-state index contributed by atoms with van der Waals surface area (Å²) in [5.41, 5.74) is 18.8. The van der Waals surface area contributed by atoms with Crippen molar-refractivity contribution >= 4 is 132 Å². The maximum absolute atomic E-state index is 2.59. The largest absolute Gasteiger partial charge is 0.310 e. The predicted molar refractivity (Wildman–Crippen MR) is 331 cm³/mol. The first-order valence-corrected chi connectivity index (χ1v) is 26.9. The SMILES string of the molecule is c1ccc(N(c2ccccc2)c2ccc3c4cc5c(cc4n4c6cc(-c7cccc8ccccc78)ccc6c2c34)c2ccc(N(c3ccccc3)c3ccccc3)c3c4ccc(-c6cccc7ccccc67)cc4n5c23)cc1. The molecule has 0 aliphatic carbocycles. The highest BCUT2D eigenvalue weighted by Crippen LogP contribution is 2.52. The lowest BCUT2D eigenvalue weighted by atomic mass is 9.96. The van der Waals surface area contributed by atoms with Gasteiger partial charge in [-0.3, -0.25) is 0 Å². The summed E-state index contributed by atoms with van der Waals surface area (Å²) in [6.07, 6.45) is 0. The lowest BCUT2D eigenvalue weighted by molar-refractivity contribution is 1.30. The maximum Gasteiger partial charge on any atom is 0.0641 e. The van der Waals surface area contributed by atoms with Gasteiger partial charge in [-0.05, 0) is 129 Å². The van der Waals surface area contributed by atoms with Crippen LogP contribution in [-0.2, 0) is 0 Å². The Morgan fingerprint density at radius 2 is 0.564 bits per heavy atom. The first-order valence-electron chi connectivity index (χ1n) is 26.9. The van der Waals surface area contributed by atoms with E-state index in [2.05, 4.69) is 298 Å². The second-order valence-corrected chi connectivity index (χ2v) is 20.8. The molecule has 0 atom stereocenters. The van der Waals surface area contributed by atoms with Gasteiger partial charge < -0.3 is 18.6 Å². The smallest absolute Gasteiger partial charge is 0.0641 e. The van der Waals surface area contributed by atoms with Gasteiger partial charge in [0.05, 0.1) is 44.5 Å². The second kappa shape index (κ2) is 16.5. The number of aromatic nitrogens is 2. The van der Waals surface area contributed by atoms with E-state index in [4.69, 9.17) is 0 Å². The summed E-state index contributed by atoms with van der Waals surface area (Å²) in [5.74, 6) is 0. The van der Waals surface area contributed by atoms with Crippen molar-refractivity contribution in [2.45, 2.75) is 0 Å². The van der Waals surface area contributed by atoms with Crippen molar-refractivity contribution in [3.8, 4) is 22.3 Å². The molecule has 4 heteroatoms. The summed E-state index contributed by atoms with van der Waals surface area (Å²) in [6.45, 7) is 0. The zero-order chi connectivity index (χ0) is 51.0. The Morgan fingerprint density at radius 3 is 0.962 bits per heavy atom. The van der Waals surface area contributed by atoms with Crippen molar-refractivity contribution in [3.05, 3.63) is 279 Å². The minimum Gasteiger partial charge on any atom is -0.310 e. The molecule has 0 saturated heterocycles. The van der Waals surface area contributed by atoms with E-state index in [1.807, 2.05) is 0 Å². The number of rotatable bonds is 8. The molecular formula is C74H46N4. The first-order chi connectivity index (χ1) is 38.7. The Bertz CT molecular complexity index is 4780. The number of benzene rings is 13. The molecule has 13 aromatic carbocycles. The highest BCUT2D eigenvalue weighted by Gasteiger charge is 2.29. The van der Waals surface area contributed by atoms with Gasteiger partial charge in [0, 0.05) is 65.8 Å². The fourth-order valence-corrected chi connectivity index (χ4v) is 13.4. The third kappa shape index (κ3) is 6.11. The molecule has 0 N–H and O–H groups in total. The molecule has 0 radical (unpaired) electrons. The number of fused-ring (bicyclic) bond motifs is 14. The quantitative estimate of drug-likeness (QED) is 0.151. The normalized spacial score (nSPS) is 12.1. The van der Waals surface area contributed by atoms with Gasteiger partial charge in [0.25, 0.3) is 0 Å². The van der Waals surface area contributed by atoms with Crippen molar-refractivity contribution in [2.75, 3.05) is 9.80 Å². The van der Waals surface area contributed by atoms with Gasteiger partial charge in [-0.15, -0.1) is 0 Å². The maximum atomic E-state index is 2.59. The number of hydrogen-bond acceptors (Lipinski definition) is 2. The molecule has 4 nitrogen and oxygen atoms in total. The third-order valence-corrected chi connectivity index (χ3v) is 16.7. The molecule has 0 amide bonds. The fraction of sp³-hybridized carbons (Fsp3) is 0. The Labute approximate surface area is 449 Å². The van der Waals surface area contributed by atoms with Crippen LogP contribution in [-0.4, -0.2) is 8.80 Å². The van der Waals surface area contributed by atoms with Gasteiger partial charge >= 0.3 is 0 Å². The summed E-state index contributed by atoms with van der Waals surface area (Å²) in [4.78, 5) is 4.87. The topological polar surface area (TPSA) is 15.3 Å². The van der Waals surface area contributed by atoms with E-state index in [1.165, 1.54) is 120 Å². The average molecular weight is 991 g/mol. The molecule has 4 aromatic heterocycles. The fourth-order valence-electron chi connectivity index (χ4n) is 13.4. The molecule has 0 aliphatic heterocycles. The summed E-state index contributed by atoms with van der Waals surface area (Å²) < 4.78 is 5.18. The van der Waals surface area contributed by atoms with Crippen LogP contribution in [0.15, 0.2) is 279 Å². The van der Waals surface area contributed by atoms with E-state index in [1.54, 1.807) is 0 Å². The van der Waals surface area contributed by atoms with E-state index in [9.17, 15) is 0 Å². The predicted octanol–water partition coefficient (Wildman–Crippen LogP) is 20.6. The van der Waals surface area contributed by atoms with E-state index in [0.717, 1.165) is 34.1 Å². The Morgan fingerprint density at radius 1 is 0.231 bits per heavy atom. The Hall–Kier alpha value is -10.4. The van der Waals surface area contributed by atoms with Crippen molar-refractivity contribution in [1.82, 2.24) is 8.80 Å². The molecule has 17 aromatic rings. The third-order valence-electron chi connectivity index (χ3n) is 16.7. The highest BCUT2D eigenvalue weighted by molar-refractivity contribution is 6.32. The summed E-state index contributed by atoms with van der Waals surface area (Å²) in [6, 6.07) is 103. The average Bonchev–Trinajstić information content (AvgIpc) is 4.40. The van der Waals surface area contributed by atoms with Crippen LogP contribution in [0, 0.1) is 0 Å². The number of hydrogen-bond donors (Lipinski definition) is 0. The van der Waals surface area contributed by atoms with Gasteiger partial charge in [-0.2, -0.15) is 0 Å². The molecule has 0 unspecified atom stereocenters. The van der Waals surface area contributed by atoms with Crippen LogP contribution in [0.25, 0.3) is 120 Å². The zero-order valence-corrected chi connectivity index (χ0v) is 42.3. The molecule has 0 fully saturated rings. The van der Waals surface area contributed by atoms with Crippen molar-refractivity contribution in [3.63, 3.8) is 0 Å². The lowest BCUT2D eigenvalue weighted by Crippen LogP contribution is -2.10. The van der Waals surface area contributed by atoms with Crippen LogP contribution in [0.1, 0.15) is 0 Å². The lowest BCUT2D eigenvalue weighted by Gasteiger charge is -2.26. The second-order valence-electron chi connectivity index (χ2n) is 20.8. The molecular weight excluding hydrogens is 945 g/mol. The van der Waals surface area contributed by atoms with Gasteiger partial charge in [-0.25, -0.2) is 0 Å². The molecule has 0 saturated carbocycles. The Balaban J connectivity index is 1.01. The zero-order valence-electron chi connectivity index (χ0n) is 42.3. The van der Waals surface area contributed by atoms with Crippen LogP contribution in [0.5, 0.6) is 0 Å². The van der Waals surface area contributed by atoms with Gasteiger partial charge in [0.1, 0.15) is 0 Å². The molecule has 362 valence electrons. The summed E-state index contributed by atoms with van der Waals surface area (Å²) >= 11 is 0. The number of nitrogens with zero attached hydrogens (tertiary/aromatic N) is 4. The minimum absolute atomic E-state index is 1.11. The van der Waals surface area contributed by atoms with Gasteiger partial charge in [0.15, 0.2) is 0 Å². The van der Waals surface area contributed by atoms with E-state index in [0.29, 0.717) is 0 Å². The molecule has 0 bridgehead atoms.